The SMILES string of the molecule is COc1ccc(O)c(C=NN=C2NC(=O)CS2)c1. The van der Waals surface area contributed by atoms with E-state index < -0.39 is 0 Å². The quantitative estimate of drug-likeness (QED) is 0.629. The zero-order chi connectivity index (χ0) is 13.0. The van der Waals surface area contributed by atoms with Gasteiger partial charge in [-0.05, 0) is 18.2 Å². The molecule has 7 heteroatoms. The number of nitrogens with zero attached hydrogens (tertiary/aromatic N) is 2. The number of carbonyl (C=O) groups excluding carboxylic acids is 1. The van der Waals surface area contributed by atoms with Crippen LogP contribution < -0.4 is 10.1 Å². The van der Waals surface area contributed by atoms with E-state index in [2.05, 4.69) is 15.5 Å². The largest absolute Gasteiger partial charge is 0.507 e. The van der Waals surface area contributed by atoms with E-state index >= 15 is 0 Å². The first-order chi connectivity index (χ1) is 8.69. The molecule has 1 saturated heterocycles. The molecule has 0 unspecified atom stereocenters. The Morgan fingerprint density at radius 2 is 2.39 bits per heavy atom. The second kappa shape index (κ2) is 5.54. The summed E-state index contributed by atoms with van der Waals surface area (Å²) in [4.78, 5) is 10.9. The average molecular weight is 265 g/mol. The minimum absolute atomic E-state index is 0.0850. The van der Waals surface area contributed by atoms with Crippen LogP contribution >= 0.6 is 11.8 Å². The van der Waals surface area contributed by atoms with E-state index in [1.54, 1.807) is 12.1 Å². The fourth-order valence-electron chi connectivity index (χ4n) is 1.29. The van der Waals surface area contributed by atoms with E-state index in [0.29, 0.717) is 22.2 Å². The van der Waals surface area contributed by atoms with Gasteiger partial charge in [-0.25, -0.2) is 0 Å². The average Bonchev–Trinajstić information content (AvgIpc) is 2.77. The maximum atomic E-state index is 10.9. The van der Waals surface area contributed by atoms with Gasteiger partial charge in [-0.15, -0.1) is 5.10 Å². The van der Waals surface area contributed by atoms with E-state index in [1.807, 2.05) is 0 Å². The van der Waals surface area contributed by atoms with Gasteiger partial charge in [-0.1, -0.05) is 11.8 Å². The molecule has 1 aromatic rings. The molecule has 1 heterocycles. The lowest BCUT2D eigenvalue weighted by atomic mass is 10.2. The van der Waals surface area contributed by atoms with Crippen LogP contribution in [0.2, 0.25) is 0 Å². The van der Waals surface area contributed by atoms with Crippen LogP contribution in [0.3, 0.4) is 0 Å². The molecule has 18 heavy (non-hydrogen) atoms. The molecule has 1 aliphatic heterocycles. The van der Waals surface area contributed by atoms with Crippen LogP contribution in [0, 0.1) is 0 Å². The third-order valence-corrected chi connectivity index (χ3v) is 3.03. The molecule has 0 saturated carbocycles. The first-order valence-corrected chi connectivity index (χ1v) is 6.08. The van der Waals surface area contributed by atoms with Gasteiger partial charge in [-0.3, -0.25) is 4.79 Å². The van der Waals surface area contributed by atoms with Crippen LogP contribution in [0.4, 0.5) is 0 Å². The van der Waals surface area contributed by atoms with Crippen molar-refractivity contribution in [3.05, 3.63) is 23.8 Å². The Labute approximate surface area is 108 Å². The molecule has 1 aromatic carbocycles. The van der Waals surface area contributed by atoms with Crippen LogP contribution in [0.25, 0.3) is 0 Å². The Morgan fingerprint density at radius 3 is 3.06 bits per heavy atom. The Bertz CT molecular complexity index is 528. The molecular weight excluding hydrogens is 254 g/mol. The highest BCUT2D eigenvalue weighted by molar-refractivity contribution is 8.15. The predicted octanol–water partition coefficient (Wildman–Crippen LogP) is 0.954. The highest BCUT2D eigenvalue weighted by atomic mass is 32.2. The number of phenols is 1. The second-order valence-electron chi connectivity index (χ2n) is 3.41. The van der Waals surface area contributed by atoms with E-state index in [4.69, 9.17) is 4.74 Å². The van der Waals surface area contributed by atoms with Crippen molar-refractivity contribution < 1.29 is 14.6 Å². The normalized spacial score (nSPS) is 17.4. The van der Waals surface area contributed by atoms with Crippen molar-refractivity contribution in [3.8, 4) is 11.5 Å². The van der Waals surface area contributed by atoms with Gasteiger partial charge in [0, 0.05) is 5.56 Å². The zero-order valence-electron chi connectivity index (χ0n) is 9.58. The number of amidine groups is 1. The molecule has 1 aliphatic rings. The molecule has 94 valence electrons. The van der Waals surface area contributed by atoms with Crippen molar-refractivity contribution in [2.45, 2.75) is 0 Å². The second-order valence-corrected chi connectivity index (χ2v) is 4.38. The number of phenolic OH excluding ortho intramolecular Hbond substituents is 1. The molecule has 6 nitrogen and oxygen atoms in total. The summed E-state index contributed by atoms with van der Waals surface area (Å²) < 4.78 is 5.03. The van der Waals surface area contributed by atoms with E-state index in [9.17, 15) is 9.90 Å². The van der Waals surface area contributed by atoms with Gasteiger partial charge in [0.15, 0.2) is 5.17 Å². The van der Waals surface area contributed by atoms with Gasteiger partial charge in [0.2, 0.25) is 5.91 Å². The number of nitrogens with one attached hydrogen (secondary N) is 1. The highest BCUT2D eigenvalue weighted by Gasteiger charge is 2.15. The van der Waals surface area contributed by atoms with Crippen LogP contribution in [-0.2, 0) is 4.79 Å². The van der Waals surface area contributed by atoms with Gasteiger partial charge < -0.3 is 15.2 Å². The van der Waals surface area contributed by atoms with Crippen LogP contribution in [0.5, 0.6) is 11.5 Å². The molecule has 1 fully saturated rings. The molecule has 2 N–H and O–H groups in total. The molecule has 1 amide bonds. The fourth-order valence-corrected chi connectivity index (χ4v) is 1.92. The Kier molecular flexibility index (Phi) is 3.83. The molecule has 0 aromatic heterocycles. The van der Waals surface area contributed by atoms with Gasteiger partial charge in [0.1, 0.15) is 11.5 Å². The Morgan fingerprint density at radius 1 is 1.56 bits per heavy atom. The summed E-state index contributed by atoms with van der Waals surface area (Å²) in [6, 6.07) is 4.80. The van der Waals surface area contributed by atoms with Crippen molar-refractivity contribution >= 4 is 29.1 Å². The van der Waals surface area contributed by atoms with E-state index in [1.165, 1.54) is 31.2 Å². The molecule has 0 aliphatic carbocycles. The number of benzene rings is 1. The van der Waals surface area contributed by atoms with Crippen molar-refractivity contribution in [2.24, 2.45) is 10.2 Å². The third-order valence-electron chi connectivity index (χ3n) is 2.17. The molecular formula is C11H11N3O3S. The fraction of sp³-hybridized carbons (Fsp3) is 0.182. The lowest BCUT2D eigenvalue weighted by Gasteiger charge is -2.02. The number of carbonyl (C=O) groups is 1. The van der Waals surface area contributed by atoms with Gasteiger partial charge in [-0.2, -0.15) is 5.10 Å². The first kappa shape index (κ1) is 12.4. The predicted molar refractivity (Wildman–Crippen MR) is 70.3 cm³/mol. The summed E-state index contributed by atoms with van der Waals surface area (Å²) in [7, 11) is 1.54. The monoisotopic (exact) mass is 265 g/mol. The van der Waals surface area contributed by atoms with Crippen molar-refractivity contribution in [2.75, 3.05) is 12.9 Å². The number of aromatic hydroxyl groups is 1. The lowest BCUT2D eigenvalue weighted by Crippen LogP contribution is -2.19. The maximum absolute atomic E-state index is 10.9. The standard InChI is InChI=1S/C11H11N3O3S/c1-17-8-2-3-9(15)7(4-8)5-12-14-11-13-10(16)6-18-11/h2-5,15H,6H2,1H3,(H,13,14,16). The molecule has 0 radical (unpaired) electrons. The molecule has 0 bridgehead atoms. The van der Waals surface area contributed by atoms with E-state index in [-0.39, 0.29) is 11.7 Å². The number of thioether (sulfide) groups is 1. The molecule has 0 spiro atoms. The number of hydrogen-bond donors (Lipinski definition) is 2. The van der Waals surface area contributed by atoms with Crippen LogP contribution in [0.1, 0.15) is 5.56 Å². The summed E-state index contributed by atoms with van der Waals surface area (Å²) >= 11 is 1.29. The number of rotatable bonds is 3. The number of hydrogen-bond acceptors (Lipinski definition) is 6. The van der Waals surface area contributed by atoms with Crippen molar-refractivity contribution in [3.63, 3.8) is 0 Å². The van der Waals surface area contributed by atoms with E-state index in [0.717, 1.165) is 0 Å². The number of ether oxygens (including phenoxy) is 1. The summed E-state index contributed by atoms with van der Waals surface area (Å²) in [6.45, 7) is 0. The van der Waals surface area contributed by atoms with Gasteiger partial charge in [0.25, 0.3) is 0 Å². The lowest BCUT2D eigenvalue weighted by molar-refractivity contribution is -0.116. The maximum Gasteiger partial charge on any atom is 0.236 e. The minimum atomic E-state index is -0.0850. The van der Waals surface area contributed by atoms with Crippen LogP contribution in [0.15, 0.2) is 28.4 Å². The minimum Gasteiger partial charge on any atom is -0.507 e. The van der Waals surface area contributed by atoms with Gasteiger partial charge >= 0.3 is 0 Å². The highest BCUT2D eigenvalue weighted by Crippen LogP contribution is 2.21. The Hall–Kier alpha value is -2.02. The summed E-state index contributed by atoms with van der Waals surface area (Å²) in [5.74, 6) is 0.977. The summed E-state index contributed by atoms with van der Waals surface area (Å²) in [5, 5.41) is 20.2. The van der Waals surface area contributed by atoms with Crippen molar-refractivity contribution in [1.29, 1.82) is 0 Å². The van der Waals surface area contributed by atoms with Crippen LogP contribution in [-0.4, -0.2) is 35.3 Å². The summed E-state index contributed by atoms with van der Waals surface area (Å²) in [5.41, 5.74) is 0.494. The smallest absolute Gasteiger partial charge is 0.236 e. The zero-order valence-corrected chi connectivity index (χ0v) is 10.4. The third kappa shape index (κ3) is 3.01. The van der Waals surface area contributed by atoms with Gasteiger partial charge in [0.05, 0.1) is 19.1 Å². The topological polar surface area (TPSA) is 83.3 Å². The Balaban J connectivity index is 2.11. The number of methoxy groups -OCH3 is 1. The number of amides is 1. The molecule has 0 atom stereocenters. The first-order valence-electron chi connectivity index (χ1n) is 5.09. The summed E-state index contributed by atoms with van der Waals surface area (Å²) in [6.07, 6.45) is 1.40. The molecule has 2 rings (SSSR count). The van der Waals surface area contributed by atoms with Crippen molar-refractivity contribution in [1.82, 2.24) is 5.32 Å².